The van der Waals surface area contributed by atoms with Crippen molar-refractivity contribution in [2.45, 2.75) is 6.92 Å². The Morgan fingerprint density at radius 2 is 1.77 bits per heavy atom. The number of amides is 2. The van der Waals surface area contributed by atoms with Crippen LogP contribution in [0.25, 0.3) is 0 Å². The molecule has 0 atom stereocenters. The van der Waals surface area contributed by atoms with Crippen molar-refractivity contribution < 1.29 is 23.9 Å². The zero-order valence-electron chi connectivity index (χ0n) is 14.6. The minimum atomic E-state index is -0.708. The van der Waals surface area contributed by atoms with Crippen LogP contribution in [-0.4, -0.2) is 38.0 Å². The van der Waals surface area contributed by atoms with Crippen LogP contribution in [-0.2, 0) is 14.3 Å². The second-order valence-corrected chi connectivity index (χ2v) is 5.46. The van der Waals surface area contributed by atoms with Gasteiger partial charge in [-0.3, -0.25) is 14.4 Å². The van der Waals surface area contributed by atoms with Crippen LogP contribution in [0.2, 0.25) is 0 Å². The van der Waals surface area contributed by atoms with Crippen LogP contribution < -0.4 is 15.4 Å². The molecule has 7 heteroatoms. The molecule has 0 heterocycles. The van der Waals surface area contributed by atoms with Crippen LogP contribution in [0.4, 0.5) is 5.69 Å². The van der Waals surface area contributed by atoms with Crippen molar-refractivity contribution in [1.82, 2.24) is 5.32 Å². The van der Waals surface area contributed by atoms with Crippen molar-refractivity contribution >= 4 is 23.5 Å². The lowest BCUT2D eigenvalue weighted by molar-refractivity contribution is -0.146. The molecule has 0 aliphatic heterocycles. The SMILES string of the molecule is COc1ccc(C)cc1NC(=O)COC(=O)CNC(=O)c1ccccc1. The summed E-state index contributed by atoms with van der Waals surface area (Å²) in [6.45, 7) is 1.09. The molecule has 2 amide bonds. The van der Waals surface area contributed by atoms with Crippen molar-refractivity contribution in [3.8, 4) is 5.75 Å². The minimum absolute atomic E-state index is 0.325. The Labute approximate surface area is 151 Å². The van der Waals surface area contributed by atoms with E-state index in [0.29, 0.717) is 17.0 Å². The number of anilines is 1. The second kappa shape index (κ2) is 9.22. The van der Waals surface area contributed by atoms with Crippen LogP contribution >= 0.6 is 0 Å². The number of aryl methyl sites for hydroxylation is 1. The number of rotatable bonds is 7. The van der Waals surface area contributed by atoms with Crippen LogP contribution in [0.15, 0.2) is 48.5 Å². The van der Waals surface area contributed by atoms with Crippen LogP contribution in [0.1, 0.15) is 15.9 Å². The first-order valence-corrected chi connectivity index (χ1v) is 7.93. The lowest BCUT2D eigenvalue weighted by Crippen LogP contribution is -2.32. The lowest BCUT2D eigenvalue weighted by atomic mass is 10.2. The van der Waals surface area contributed by atoms with E-state index in [2.05, 4.69) is 10.6 Å². The van der Waals surface area contributed by atoms with Crippen molar-refractivity contribution in [2.75, 3.05) is 25.6 Å². The quantitative estimate of drug-likeness (QED) is 0.739. The van der Waals surface area contributed by atoms with Gasteiger partial charge in [-0.15, -0.1) is 0 Å². The molecule has 0 bridgehead atoms. The Bertz CT molecular complexity index is 790. The van der Waals surface area contributed by atoms with E-state index < -0.39 is 24.4 Å². The molecule has 0 spiro atoms. The second-order valence-electron chi connectivity index (χ2n) is 5.46. The van der Waals surface area contributed by atoms with Gasteiger partial charge in [0, 0.05) is 5.56 Å². The molecule has 2 N–H and O–H groups in total. The van der Waals surface area contributed by atoms with Gasteiger partial charge in [-0.05, 0) is 36.8 Å². The smallest absolute Gasteiger partial charge is 0.325 e. The Kier molecular flexibility index (Phi) is 6.73. The van der Waals surface area contributed by atoms with Crippen molar-refractivity contribution in [1.29, 1.82) is 0 Å². The molecule has 2 aromatic rings. The Balaban J connectivity index is 1.77. The molecule has 0 saturated heterocycles. The summed E-state index contributed by atoms with van der Waals surface area (Å²) < 4.78 is 10.0. The first-order valence-electron chi connectivity index (χ1n) is 7.93. The molecule has 0 unspecified atom stereocenters. The Morgan fingerprint density at radius 3 is 2.46 bits per heavy atom. The fourth-order valence-electron chi connectivity index (χ4n) is 2.15. The summed E-state index contributed by atoms with van der Waals surface area (Å²) in [6.07, 6.45) is 0. The van der Waals surface area contributed by atoms with Gasteiger partial charge >= 0.3 is 5.97 Å². The van der Waals surface area contributed by atoms with E-state index in [1.54, 1.807) is 42.5 Å². The van der Waals surface area contributed by atoms with E-state index in [-0.39, 0.29) is 6.54 Å². The highest BCUT2D eigenvalue weighted by molar-refractivity contribution is 5.97. The molecule has 26 heavy (non-hydrogen) atoms. The highest BCUT2D eigenvalue weighted by Crippen LogP contribution is 2.24. The zero-order valence-corrected chi connectivity index (χ0v) is 14.6. The number of carbonyl (C=O) groups excluding carboxylic acids is 3. The molecule has 0 aromatic heterocycles. The third-order valence-corrected chi connectivity index (χ3v) is 3.42. The molecule has 136 valence electrons. The number of esters is 1. The predicted molar refractivity (Wildman–Crippen MR) is 96.1 cm³/mol. The monoisotopic (exact) mass is 356 g/mol. The molecule has 2 rings (SSSR count). The summed E-state index contributed by atoms with van der Waals surface area (Å²) >= 11 is 0. The zero-order chi connectivity index (χ0) is 18.9. The summed E-state index contributed by atoms with van der Waals surface area (Å²) in [7, 11) is 1.50. The maximum atomic E-state index is 11.9. The number of ether oxygens (including phenoxy) is 2. The first kappa shape index (κ1) is 19.0. The molecular weight excluding hydrogens is 336 g/mol. The molecule has 0 fully saturated rings. The normalized spacial score (nSPS) is 9.92. The summed E-state index contributed by atoms with van der Waals surface area (Å²) in [5, 5.41) is 5.05. The van der Waals surface area contributed by atoms with Gasteiger partial charge in [-0.25, -0.2) is 0 Å². The fraction of sp³-hybridized carbons (Fsp3) is 0.211. The van der Waals surface area contributed by atoms with Crippen LogP contribution in [0, 0.1) is 6.92 Å². The summed E-state index contributed by atoms with van der Waals surface area (Å²) in [5.74, 6) is -1.10. The topological polar surface area (TPSA) is 93.7 Å². The Hall–Kier alpha value is -3.35. The minimum Gasteiger partial charge on any atom is -0.495 e. The average Bonchev–Trinajstić information content (AvgIpc) is 2.65. The molecular formula is C19H20N2O5. The van der Waals surface area contributed by atoms with Gasteiger partial charge in [-0.1, -0.05) is 24.3 Å². The van der Waals surface area contributed by atoms with Gasteiger partial charge in [0.1, 0.15) is 12.3 Å². The lowest BCUT2D eigenvalue weighted by Gasteiger charge is -2.11. The average molecular weight is 356 g/mol. The molecule has 0 saturated carbocycles. The molecule has 7 nitrogen and oxygen atoms in total. The maximum absolute atomic E-state index is 11.9. The molecule has 2 aromatic carbocycles. The van der Waals surface area contributed by atoms with Crippen LogP contribution in [0.3, 0.4) is 0 Å². The number of carbonyl (C=O) groups is 3. The summed E-state index contributed by atoms with van der Waals surface area (Å²) in [5.41, 5.74) is 1.87. The van der Waals surface area contributed by atoms with E-state index >= 15 is 0 Å². The van der Waals surface area contributed by atoms with Gasteiger partial charge in [0.15, 0.2) is 6.61 Å². The van der Waals surface area contributed by atoms with E-state index in [9.17, 15) is 14.4 Å². The summed E-state index contributed by atoms with van der Waals surface area (Å²) in [6, 6.07) is 13.8. The van der Waals surface area contributed by atoms with E-state index in [0.717, 1.165) is 5.56 Å². The van der Waals surface area contributed by atoms with Gasteiger partial charge in [0.05, 0.1) is 12.8 Å². The predicted octanol–water partition coefficient (Wildman–Crippen LogP) is 1.92. The standard InChI is InChI=1S/C19H20N2O5/c1-13-8-9-16(25-2)15(10-13)21-17(22)12-26-18(23)11-20-19(24)14-6-4-3-5-7-14/h3-10H,11-12H2,1-2H3,(H,20,24)(H,21,22). The van der Waals surface area contributed by atoms with Gasteiger partial charge in [0.25, 0.3) is 11.8 Å². The Morgan fingerprint density at radius 1 is 1.04 bits per heavy atom. The fourth-order valence-corrected chi connectivity index (χ4v) is 2.15. The van der Waals surface area contributed by atoms with Crippen molar-refractivity contribution in [3.63, 3.8) is 0 Å². The number of hydrogen-bond acceptors (Lipinski definition) is 5. The van der Waals surface area contributed by atoms with Crippen molar-refractivity contribution in [2.24, 2.45) is 0 Å². The van der Waals surface area contributed by atoms with Crippen molar-refractivity contribution in [3.05, 3.63) is 59.7 Å². The van der Waals surface area contributed by atoms with E-state index in [1.165, 1.54) is 7.11 Å². The number of hydrogen-bond donors (Lipinski definition) is 2. The number of benzene rings is 2. The van der Waals surface area contributed by atoms with Gasteiger partial charge in [-0.2, -0.15) is 0 Å². The van der Waals surface area contributed by atoms with Gasteiger partial charge in [0.2, 0.25) is 0 Å². The molecule has 0 aliphatic rings. The highest BCUT2D eigenvalue weighted by atomic mass is 16.5. The third kappa shape index (κ3) is 5.62. The summed E-state index contributed by atoms with van der Waals surface area (Å²) in [4.78, 5) is 35.4. The largest absolute Gasteiger partial charge is 0.495 e. The van der Waals surface area contributed by atoms with E-state index in [4.69, 9.17) is 9.47 Å². The number of nitrogens with one attached hydrogen (secondary N) is 2. The highest BCUT2D eigenvalue weighted by Gasteiger charge is 2.12. The van der Waals surface area contributed by atoms with Gasteiger partial charge < -0.3 is 20.1 Å². The maximum Gasteiger partial charge on any atom is 0.325 e. The van der Waals surface area contributed by atoms with Crippen LogP contribution in [0.5, 0.6) is 5.75 Å². The third-order valence-electron chi connectivity index (χ3n) is 3.42. The number of methoxy groups -OCH3 is 1. The van der Waals surface area contributed by atoms with E-state index in [1.807, 2.05) is 13.0 Å². The molecule has 0 radical (unpaired) electrons. The first-order chi connectivity index (χ1) is 12.5. The molecule has 0 aliphatic carbocycles.